The number of carboxylic acids is 1. The molecule has 0 radical (unpaired) electrons. The number of ether oxygens (including phenoxy) is 1. The summed E-state index contributed by atoms with van der Waals surface area (Å²) in [5.74, 6) is 1.06. The summed E-state index contributed by atoms with van der Waals surface area (Å²) in [6.07, 6.45) is 6.63. The third-order valence-electron chi connectivity index (χ3n) is 2.27. The molecule has 2 unspecified atom stereocenters. The van der Waals surface area contributed by atoms with E-state index >= 15 is 0 Å². The molecule has 6 heteroatoms. The predicted molar refractivity (Wildman–Crippen MR) is 67.1 cm³/mol. The number of methoxy groups -OCH3 is 1. The lowest BCUT2D eigenvalue weighted by Gasteiger charge is -2.19. The highest BCUT2D eigenvalue weighted by Crippen LogP contribution is 1.98. The van der Waals surface area contributed by atoms with Crippen LogP contribution in [0.1, 0.15) is 26.2 Å². The molecule has 0 aromatic carbocycles. The zero-order chi connectivity index (χ0) is 14.0. The summed E-state index contributed by atoms with van der Waals surface area (Å²) in [7, 11) is 1.54. The molecule has 2 atom stereocenters. The number of carbonyl (C=O) groups is 2. The van der Waals surface area contributed by atoms with Gasteiger partial charge in [-0.25, -0.2) is 9.59 Å². The fourth-order valence-electron chi connectivity index (χ4n) is 1.45. The van der Waals surface area contributed by atoms with Gasteiger partial charge in [0.15, 0.2) is 0 Å². The molecule has 0 heterocycles. The van der Waals surface area contributed by atoms with Gasteiger partial charge in [0.05, 0.1) is 12.6 Å². The van der Waals surface area contributed by atoms with Gasteiger partial charge in [0.25, 0.3) is 0 Å². The minimum absolute atomic E-state index is 0.0501. The van der Waals surface area contributed by atoms with Crippen molar-refractivity contribution in [3.63, 3.8) is 0 Å². The highest BCUT2D eigenvalue weighted by Gasteiger charge is 2.20. The van der Waals surface area contributed by atoms with E-state index in [1.807, 2.05) is 6.92 Å². The fraction of sp³-hybridized carbons (Fsp3) is 0.667. The maximum Gasteiger partial charge on any atom is 0.327 e. The third kappa shape index (κ3) is 6.76. The molecule has 0 aliphatic rings. The first-order valence-corrected chi connectivity index (χ1v) is 5.77. The second kappa shape index (κ2) is 9.31. The maximum absolute atomic E-state index is 11.6. The molecule has 0 rings (SSSR count). The minimum atomic E-state index is -1.15. The highest BCUT2D eigenvalue weighted by atomic mass is 16.5. The molecule has 0 aliphatic heterocycles. The van der Waals surface area contributed by atoms with E-state index in [-0.39, 0.29) is 12.5 Å². The zero-order valence-corrected chi connectivity index (χ0v) is 10.7. The quantitative estimate of drug-likeness (QED) is 0.554. The lowest BCUT2D eigenvalue weighted by atomic mass is 10.2. The summed E-state index contributed by atoms with van der Waals surface area (Å²) in [5.41, 5.74) is 0. The van der Waals surface area contributed by atoms with Gasteiger partial charge in [0, 0.05) is 13.5 Å². The minimum Gasteiger partial charge on any atom is -0.480 e. The van der Waals surface area contributed by atoms with Crippen molar-refractivity contribution in [3.05, 3.63) is 0 Å². The molecule has 0 fully saturated rings. The number of urea groups is 1. The summed E-state index contributed by atoms with van der Waals surface area (Å²) < 4.78 is 4.97. The van der Waals surface area contributed by atoms with Crippen molar-refractivity contribution >= 4 is 12.0 Å². The molecule has 0 bridgehead atoms. The molecule has 0 aliphatic carbocycles. The number of terminal acetylenes is 1. The Kier molecular flexibility index (Phi) is 8.41. The van der Waals surface area contributed by atoms with Gasteiger partial charge in [-0.15, -0.1) is 12.3 Å². The molecule has 2 amide bonds. The molecule has 18 heavy (non-hydrogen) atoms. The van der Waals surface area contributed by atoms with E-state index < -0.39 is 18.0 Å². The van der Waals surface area contributed by atoms with Crippen LogP contribution in [-0.2, 0) is 9.53 Å². The number of nitrogens with one attached hydrogen (secondary N) is 2. The monoisotopic (exact) mass is 256 g/mol. The van der Waals surface area contributed by atoms with Gasteiger partial charge in [-0.05, 0) is 6.42 Å². The Bertz CT molecular complexity index is 306. The van der Waals surface area contributed by atoms with Crippen LogP contribution in [0, 0.1) is 12.3 Å². The topological polar surface area (TPSA) is 87.7 Å². The summed E-state index contributed by atoms with van der Waals surface area (Å²) in [6.45, 7) is 2.37. The first-order chi connectivity index (χ1) is 8.54. The van der Waals surface area contributed by atoms with Crippen LogP contribution in [0.15, 0.2) is 0 Å². The molecular weight excluding hydrogens is 236 g/mol. The first-order valence-electron chi connectivity index (χ1n) is 5.77. The third-order valence-corrected chi connectivity index (χ3v) is 2.27. The number of carboxylic acid groups (broad SMARTS) is 1. The van der Waals surface area contributed by atoms with E-state index in [0.29, 0.717) is 6.61 Å². The molecule has 0 saturated carbocycles. The molecular formula is C12H20N2O4. The number of carbonyl (C=O) groups excluding carboxylic acids is 1. The van der Waals surface area contributed by atoms with Gasteiger partial charge in [0.2, 0.25) is 0 Å². The number of hydrogen-bond donors (Lipinski definition) is 3. The lowest BCUT2D eigenvalue weighted by Crippen LogP contribution is -2.49. The van der Waals surface area contributed by atoms with E-state index in [2.05, 4.69) is 16.6 Å². The second-order valence-electron chi connectivity index (χ2n) is 3.86. The van der Waals surface area contributed by atoms with Gasteiger partial charge < -0.3 is 20.5 Å². The van der Waals surface area contributed by atoms with Crippen LogP contribution in [0.4, 0.5) is 4.79 Å². The Morgan fingerprint density at radius 2 is 2.11 bits per heavy atom. The van der Waals surface area contributed by atoms with Crippen molar-refractivity contribution in [2.24, 2.45) is 0 Å². The zero-order valence-electron chi connectivity index (χ0n) is 10.7. The van der Waals surface area contributed by atoms with Gasteiger partial charge in [-0.1, -0.05) is 13.3 Å². The Morgan fingerprint density at radius 1 is 1.44 bits per heavy atom. The molecule has 3 N–H and O–H groups in total. The van der Waals surface area contributed by atoms with Crippen LogP contribution in [0.2, 0.25) is 0 Å². The second-order valence-corrected chi connectivity index (χ2v) is 3.86. The average molecular weight is 256 g/mol. The predicted octanol–water partition coefficient (Wildman–Crippen LogP) is 0.577. The van der Waals surface area contributed by atoms with E-state index in [9.17, 15) is 9.59 Å². The molecule has 0 saturated heterocycles. The Labute approximate surface area is 107 Å². The van der Waals surface area contributed by atoms with Crippen LogP contribution in [-0.4, -0.2) is 42.9 Å². The summed E-state index contributed by atoms with van der Waals surface area (Å²) in [5, 5.41) is 13.8. The molecule has 0 spiro atoms. The summed E-state index contributed by atoms with van der Waals surface area (Å²) in [4.78, 5) is 22.4. The van der Waals surface area contributed by atoms with Crippen LogP contribution < -0.4 is 10.6 Å². The standard InChI is InChI=1S/C12H20N2O4/c1-4-6-9(8-18-3)13-12(17)14-10(7-5-2)11(15)16/h2,9-10H,4,6-8H2,1,3H3,(H,15,16)(H2,13,14,17). The number of hydrogen-bond acceptors (Lipinski definition) is 3. The summed E-state index contributed by atoms with van der Waals surface area (Å²) in [6, 6.07) is -1.76. The Hall–Kier alpha value is -1.74. The Balaban J connectivity index is 4.28. The molecule has 0 aromatic heterocycles. The van der Waals surface area contributed by atoms with Crippen molar-refractivity contribution in [1.29, 1.82) is 0 Å². The highest BCUT2D eigenvalue weighted by molar-refractivity contribution is 5.82. The largest absolute Gasteiger partial charge is 0.480 e. The molecule has 6 nitrogen and oxygen atoms in total. The maximum atomic E-state index is 11.6. The van der Waals surface area contributed by atoms with Gasteiger partial charge in [0.1, 0.15) is 6.04 Å². The van der Waals surface area contributed by atoms with Crippen molar-refractivity contribution < 1.29 is 19.4 Å². The van der Waals surface area contributed by atoms with Crippen molar-refractivity contribution in [2.45, 2.75) is 38.3 Å². The number of aliphatic carboxylic acids is 1. The van der Waals surface area contributed by atoms with Crippen molar-refractivity contribution in [2.75, 3.05) is 13.7 Å². The van der Waals surface area contributed by atoms with Crippen LogP contribution in [0.5, 0.6) is 0 Å². The fourth-order valence-corrected chi connectivity index (χ4v) is 1.45. The lowest BCUT2D eigenvalue weighted by molar-refractivity contribution is -0.139. The SMILES string of the molecule is C#CCC(NC(=O)NC(CCC)COC)C(=O)O. The van der Waals surface area contributed by atoms with Crippen molar-refractivity contribution in [1.82, 2.24) is 10.6 Å². The van der Waals surface area contributed by atoms with E-state index in [0.717, 1.165) is 12.8 Å². The first kappa shape index (κ1) is 16.3. The van der Waals surface area contributed by atoms with E-state index in [1.165, 1.54) is 0 Å². The van der Waals surface area contributed by atoms with E-state index in [4.69, 9.17) is 16.3 Å². The molecule has 102 valence electrons. The number of rotatable bonds is 8. The molecule has 0 aromatic rings. The number of amides is 2. The van der Waals surface area contributed by atoms with E-state index in [1.54, 1.807) is 7.11 Å². The van der Waals surface area contributed by atoms with Crippen molar-refractivity contribution in [3.8, 4) is 12.3 Å². The van der Waals surface area contributed by atoms with Gasteiger partial charge >= 0.3 is 12.0 Å². The average Bonchev–Trinajstić information content (AvgIpc) is 2.29. The van der Waals surface area contributed by atoms with Gasteiger partial charge in [-0.2, -0.15) is 0 Å². The van der Waals surface area contributed by atoms with Gasteiger partial charge in [-0.3, -0.25) is 0 Å². The normalized spacial score (nSPS) is 13.2. The smallest absolute Gasteiger partial charge is 0.327 e. The van der Waals surface area contributed by atoms with Crippen LogP contribution in [0.25, 0.3) is 0 Å². The van der Waals surface area contributed by atoms with Crippen LogP contribution >= 0.6 is 0 Å². The van der Waals surface area contributed by atoms with Crippen LogP contribution in [0.3, 0.4) is 0 Å². The summed E-state index contributed by atoms with van der Waals surface area (Å²) >= 11 is 0. The Morgan fingerprint density at radius 3 is 2.56 bits per heavy atom.